The number of nitrogens with one attached hydrogen (secondary N) is 1. The van der Waals surface area contributed by atoms with Crippen molar-refractivity contribution >= 4 is 11.9 Å². The third-order valence-corrected chi connectivity index (χ3v) is 3.20. The van der Waals surface area contributed by atoms with E-state index in [0.717, 1.165) is 0 Å². The summed E-state index contributed by atoms with van der Waals surface area (Å²) in [5.74, 6) is -0.928. The SMILES string of the molecule is Cc1noc(C)c1CC(=O)N[C@@H](C(=O)O)c1ccccc1. The van der Waals surface area contributed by atoms with Gasteiger partial charge in [0.25, 0.3) is 0 Å². The topological polar surface area (TPSA) is 92.4 Å². The minimum absolute atomic E-state index is 0.0395. The van der Waals surface area contributed by atoms with Crippen molar-refractivity contribution in [1.29, 1.82) is 0 Å². The highest BCUT2D eigenvalue weighted by Gasteiger charge is 2.23. The number of carboxylic acid groups (broad SMARTS) is 1. The van der Waals surface area contributed by atoms with Crippen molar-refractivity contribution in [1.82, 2.24) is 10.5 Å². The van der Waals surface area contributed by atoms with Gasteiger partial charge in [0.05, 0.1) is 12.1 Å². The lowest BCUT2D eigenvalue weighted by Crippen LogP contribution is -2.34. The molecule has 0 aliphatic carbocycles. The second kappa shape index (κ2) is 6.21. The van der Waals surface area contributed by atoms with E-state index in [0.29, 0.717) is 22.6 Å². The molecule has 0 saturated carbocycles. The molecule has 1 atom stereocenters. The van der Waals surface area contributed by atoms with Crippen LogP contribution in [0.1, 0.15) is 28.6 Å². The number of carbonyl (C=O) groups excluding carboxylic acids is 1. The summed E-state index contributed by atoms with van der Waals surface area (Å²) in [6.07, 6.45) is 0.0395. The van der Waals surface area contributed by atoms with Crippen LogP contribution in [0.3, 0.4) is 0 Å². The summed E-state index contributed by atoms with van der Waals surface area (Å²) in [5, 5.41) is 15.6. The van der Waals surface area contributed by atoms with E-state index in [-0.39, 0.29) is 12.3 Å². The van der Waals surface area contributed by atoms with Gasteiger partial charge in [0.2, 0.25) is 5.91 Å². The van der Waals surface area contributed by atoms with Crippen molar-refractivity contribution in [2.24, 2.45) is 0 Å². The van der Waals surface area contributed by atoms with Crippen LogP contribution in [0.4, 0.5) is 0 Å². The first-order valence-corrected chi connectivity index (χ1v) is 6.48. The van der Waals surface area contributed by atoms with Gasteiger partial charge in [-0.15, -0.1) is 0 Å². The molecule has 1 aromatic carbocycles. The van der Waals surface area contributed by atoms with Crippen molar-refractivity contribution in [3.8, 4) is 0 Å². The highest BCUT2D eigenvalue weighted by Crippen LogP contribution is 2.15. The number of carbonyl (C=O) groups is 2. The number of benzene rings is 1. The first-order chi connectivity index (χ1) is 9.99. The molecule has 110 valence electrons. The fourth-order valence-corrected chi connectivity index (χ4v) is 2.06. The number of aromatic nitrogens is 1. The molecule has 1 amide bonds. The molecule has 0 fully saturated rings. The lowest BCUT2D eigenvalue weighted by atomic mass is 10.1. The van der Waals surface area contributed by atoms with Crippen molar-refractivity contribution in [2.75, 3.05) is 0 Å². The molecule has 0 aliphatic rings. The zero-order valence-electron chi connectivity index (χ0n) is 11.8. The minimum atomic E-state index is -1.10. The largest absolute Gasteiger partial charge is 0.479 e. The average Bonchev–Trinajstić information content (AvgIpc) is 2.77. The normalized spacial score (nSPS) is 11.9. The Morgan fingerprint density at radius 2 is 1.95 bits per heavy atom. The molecule has 1 aromatic heterocycles. The Labute approximate surface area is 121 Å². The summed E-state index contributed by atoms with van der Waals surface area (Å²) in [4.78, 5) is 23.4. The molecule has 6 heteroatoms. The van der Waals surface area contributed by atoms with Crippen LogP contribution in [0.5, 0.6) is 0 Å². The zero-order chi connectivity index (χ0) is 15.4. The molecule has 0 aliphatic heterocycles. The monoisotopic (exact) mass is 288 g/mol. The highest BCUT2D eigenvalue weighted by molar-refractivity contribution is 5.85. The van der Waals surface area contributed by atoms with Crippen LogP contribution >= 0.6 is 0 Å². The lowest BCUT2D eigenvalue weighted by Gasteiger charge is -2.14. The van der Waals surface area contributed by atoms with Crippen molar-refractivity contribution in [3.63, 3.8) is 0 Å². The summed E-state index contributed by atoms with van der Waals surface area (Å²) >= 11 is 0. The van der Waals surface area contributed by atoms with E-state index in [1.165, 1.54) is 0 Å². The Balaban J connectivity index is 2.11. The molecule has 0 bridgehead atoms. The van der Waals surface area contributed by atoms with Gasteiger partial charge in [-0.1, -0.05) is 35.5 Å². The quantitative estimate of drug-likeness (QED) is 0.874. The number of carboxylic acids is 1. The Kier molecular flexibility index (Phi) is 4.37. The fourth-order valence-electron chi connectivity index (χ4n) is 2.06. The summed E-state index contributed by atoms with van der Waals surface area (Å²) < 4.78 is 4.99. The van der Waals surface area contributed by atoms with Crippen LogP contribution in [-0.2, 0) is 16.0 Å². The van der Waals surface area contributed by atoms with Gasteiger partial charge in [-0.05, 0) is 19.4 Å². The van der Waals surface area contributed by atoms with Gasteiger partial charge in [-0.25, -0.2) is 4.79 Å². The standard InChI is InChI=1S/C15H16N2O4/c1-9-12(10(2)21-17-9)8-13(18)16-14(15(19)20)11-6-4-3-5-7-11/h3-7,14H,8H2,1-2H3,(H,16,18)(H,19,20)/t14-/m1/s1. The van der Waals surface area contributed by atoms with E-state index in [1.807, 2.05) is 0 Å². The molecule has 0 unspecified atom stereocenters. The smallest absolute Gasteiger partial charge is 0.330 e. The van der Waals surface area contributed by atoms with E-state index >= 15 is 0 Å². The van der Waals surface area contributed by atoms with Crippen LogP contribution in [0.25, 0.3) is 0 Å². The molecule has 1 heterocycles. The van der Waals surface area contributed by atoms with E-state index in [1.54, 1.807) is 44.2 Å². The van der Waals surface area contributed by atoms with Crippen molar-refractivity contribution in [3.05, 3.63) is 52.9 Å². The predicted octanol–water partition coefficient (Wildman–Crippen LogP) is 1.78. The zero-order valence-corrected chi connectivity index (χ0v) is 11.8. The first-order valence-electron chi connectivity index (χ1n) is 6.48. The molecule has 21 heavy (non-hydrogen) atoms. The van der Waals surface area contributed by atoms with Crippen LogP contribution in [0.2, 0.25) is 0 Å². The van der Waals surface area contributed by atoms with Crippen LogP contribution in [-0.4, -0.2) is 22.1 Å². The van der Waals surface area contributed by atoms with Gasteiger partial charge >= 0.3 is 5.97 Å². The molecule has 2 N–H and O–H groups in total. The Morgan fingerprint density at radius 1 is 1.29 bits per heavy atom. The molecule has 0 radical (unpaired) electrons. The summed E-state index contributed by atoms with van der Waals surface area (Å²) in [6, 6.07) is 7.49. The van der Waals surface area contributed by atoms with Gasteiger partial charge < -0.3 is 14.9 Å². The minimum Gasteiger partial charge on any atom is -0.479 e. The second-order valence-electron chi connectivity index (χ2n) is 4.73. The van der Waals surface area contributed by atoms with Gasteiger partial charge in [-0.3, -0.25) is 4.79 Å². The van der Waals surface area contributed by atoms with Gasteiger partial charge in [0.15, 0.2) is 6.04 Å². The maximum atomic E-state index is 12.1. The highest BCUT2D eigenvalue weighted by atomic mass is 16.5. The van der Waals surface area contributed by atoms with Gasteiger partial charge in [-0.2, -0.15) is 0 Å². The summed E-state index contributed by atoms with van der Waals surface area (Å²) in [7, 11) is 0. The fraction of sp³-hybridized carbons (Fsp3) is 0.267. The number of rotatable bonds is 5. The summed E-state index contributed by atoms with van der Waals surface area (Å²) in [6.45, 7) is 3.46. The first kappa shape index (κ1) is 14.8. The molecule has 0 saturated heterocycles. The van der Waals surface area contributed by atoms with E-state index in [9.17, 15) is 14.7 Å². The van der Waals surface area contributed by atoms with Crippen LogP contribution in [0.15, 0.2) is 34.9 Å². The second-order valence-corrected chi connectivity index (χ2v) is 4.73. The van der Waals surface area contributed by atoms with Crippen molar-refractivity contribution in [2.45, 2.75) is 26.3 Å². The lowest BCUT2D eigenvalue weighted by molar-refractivity contribution is -0.141. The maximum Gasteiger partial charge on any atom is 0.330 e. The number of hydrogen-bond donors (Lipinski definition) is 2. The number of amides is 1. The number of hydrogen-bond acceptors (Lipinski definition) is 4. The van der Waals surface area contributed by atoms with Gasteiger partial charge in [0, 0.05) is 5.56 Å². The third-order valence-electron chi connectivity index (χ3n) is 3.20. The Morgan fingerprint density at radius 3 is 2.48 bits per heavy atom. The van der Waals surface area contributed by atoms with E-state index in [2.05, 4.69) is 10.5 Å². The molecular weight excluding hydrogens is 272 g/mol. The Bertz CT molecular complexity index is 629. The number of nitrogens with zero attached hydrogens (tertiary/aromatic N) is 1. The van der Waals surface area contributed by atoms with E-state index in [4.69, 9.17) is 4.52 Å². The molecular formula is C15H16N2O4. The molecule has 2 aromatic rings. The van der Waals surface area contributed by atoms with Crippen LogP contribution in [0, 0.1) is 13.8 Å². The van der Waals surface area contributed by atoms with Crippen molar-refractivity contribution < 1.29 is 19.2 Å². The molecule has 0 spiro atoms. The number of aliphatic carboxylic acids is 1. The van der Waals surface area contributed by atoms with Gasteiger partial charge in [0.1, 0.15) is 5.76 Å². The molecule has 6 nitrogen and oxygen atoms in total. The van der Waals surface area contributed by atoms with E-state index < -0.39 is 12.0 Å². The maximum absolute atomic E-state index is 12.1. The number of aryl methyl sites for hydroxylation is 2. The van der Waals surface area contributed by atoms with Crippen LogP contribution < -0.4 is 5.32 Å². The Hall–Kier alpha value is -2.63. The average molecular weight is 288 g/mol. The third kappa shape index (κ3) is 3.47. The summed E-state index contributed by atoms with van der Waals surface area (Å²) in [5.41, 5.74) is 1.84. The molecule has 2 rings (SSSR count). The predicted molar refractivity (Wildman–Crippen MR) is 74.6 cm³/mol.